The van der Waals surface area contributed by atoms with E-state index in [9.17, 15) is 0 Å². The molecule has 3 rings (SSSR count). The summed E-state index contributed by atoms with van der Waals surface area (Å²) >= 11 is 1.94. The van der Waals surface area contributed by atoms with Gasteiger partial charge in [0.1, 0.15) is 0 Å². The highest BCUT2D eigenvalue weighted by Crippen LogP contribution is 2.35. The molecule has 1 aliphatic carbocycles. The zero-order valence-corrected chi connectivity index (χ0v) is 11.9. The second-order valence-electron chi connectivity index (χ2n) is 6.57. The van der Waals surface area contributed by atoms with Crippen LogP contribution in [0.3, 0.4) is 0 Å². The number of fused-ring (bicyclic) bond motifs is 1. The number of nitrogens with zero attached hydrogens (tertiary/aromatic N) is 2. The van der Waals surface area contributed by atoms with E-state index in [0.29, 0.717) is 0 Å². The largest absolute Gasteiger partial charge is 0.298 e. The fraction of sp³-hybridized carbons (Fsp3) is 0.786. The van der Waals surface area contributed by atoms with E-state index >= 15 is 0 Å². The Bertz CT molecular complexity index is 412. The van der Waals surface area contributed by atoms with Crippen molar-refractivity contribution < 1.29 is 0 Å². The molecule has 1 saturated carbocycles. The van der Waals surface area contributed by atoms with Crippen LogP contribution in [0.25, 0.3) is 0 Å². The third-order valence-electron chi connectivity index (χ3n) is 3.67. The second-order valence-corrected chi connectivity index (χ2v) is 7.65. The van der Waals surface area contributed by atoms with Gasteiger partial charge in [-0.2, -0.15) is 0 Å². The van der Waals surface area contributed by atoms with Crippen LogP contribution in [-0.2, 0) is 18.4 Å². The van der Waals surface area contributed by atoms with Gasteiger partial charge < -0.3 is 0 Å². The summed E-state index contributed by atoms with van der Waals surface area (Å²) in [6, 6.07) is 0. The highest BCUT2D eigenvalue weighted by atomic mass is 32.1. The first kappa shape index (κ1) is 11.7. The molecule has 1 aromatic heterocycles. The van der Waals surface area contributed by atoms with Crippen molar-refractivity contribution in [3.63, 3.8) is 0 Å². The molecule has 94 valence electrons. The monoisotopic (exact) mass is 250 g/mol. The summed E-state index contributed by atoms with van der Waals surface area (Å²) in [4.78, 5) is 9.00. The summed E-state index contributed by atoms with van der Waals surface area (Å²) in [6.07, 6.45) is 4.08. The molecule has 0 aromatic carbocycles. The van der Waals surface area contributed by atoms with E-state index in [-0.39, 0.29) is 5.41 Å². The summed E-state index contributed by atoms with van der Waals surface area (Å²) in [5.41, 5.74) is 1.59. The van der Waals surface area contributed by atoms with Crippen molar-refractivity contribution in [1.29, 1.82) is 0 Å². The Kier molecular flexibility index (Phi) is 2.79. The van der Waals surface area contributed by atoms with E-state index in [1.54, 1.807) is 0 Å². The van der Waals surface area contributed by atoms with Crippen LogP contribution >= 0.6 is 11.3 Å². The van der Waals surface area contributed by atoms with Crippen LogP contribution in [0.15, 0.2) is 0 Å². The number of hydrogen-bond acceptors (Lipinski definition) is 3. The lowest BCUT2D eigenvalue weighted by Gasteiger charge is -2.25. The van der Waals surface area contributed by atoms with Crippen molar-refractivity contribution in [3.8, 4) is 0 Å². The van der Waals surface area contributed by atoms with Gasteiger partial charge in [-0.3, -0.25) is 4.90 Å². The van der Waals surface area contributed by atoms with Gasteiger partial charge in [0.2, 0.25) is 0 Å². The van der Waals surface area contributed by atoms with Crippen molar-refractivity contribution in [2.45, 2.75) is 52.0 Å². The summed E-state index contributed by atoms with van der Waals surface area (Å²) in [6.45, 7) is 10.5. The topological polar surface area (TPSA) is 16.1 Å². The predicted molar refractivity (Wildman–Crippen MR) is 72.5 cm³/mol. The average Bonchev–Trinajstić information content (AvgIpc) is 2.94. The Labute approximate surface area is 108 Å². The number of aromatic nitrogens is 1. The molecule has 17 heavy (non-hydrogen) atoms. The normalized spacial score (nSPS) is 21.6. The van der Waals surface area contributed by atoms with Crippen LogP contribution in [0.2, 0.25) is 0 Å². The van der Waals surface area contributed by atoms with Gasteiger partial charge in [0.25, 0.3) is 0 Å². The quantitative estimate of drug-likeness (QED) is 0.801. The van der Waals surface area contributed by atoms with Crippen LogP contribution < -0.4 is 0 Å². The Morgan fingerprint density at radius 3 is 2.76 bits per heavy atom. The minimum Gasteiger partial charge on any atom is -0.298 e. The molecule has 0 spiro atoms. The Hall–Kier alpha value is -0.410. The number of hydrogen-bond donors (Lipinski definition) is 0. The van der Waals surface area contributed by atoms with Gasteiger partial charge in [0.15, 0.2) is 0 Å². The van der Waals surface area contributed by atoms with E-state index in [1.807, 2.05) is 11.3 Å². The molecule has 1 aliphatic heterocycles. The molecule has 0 radical (unpaired) electrons. The van der Waals surface area contributed by atoms with Crippen molar-refractivity contribution in [3.05, 3.63) is 15.6 Å². The molecule has 0 saturated heterocycles. The van der Waals surface area contributed by atoms with Crippen molar-refractivity contribution in [1.82, 2.24) is 9.88 Å². The molecule has 1 aromatic rings. The molecule has 2 nitrogen and oxygen atoms in total. The van der Waals surface area contributed by atoms with Gasteiger partial charge in [0.05, 0.1) is 10.7 Å². The van der Waals surface area contributed by atoms with Gasteiger partial charge in [-0.05, 0) is 18.8 Å². The summed E-state index contributed by atoms with van der Waals surface area (Å²) in [5.74, 6) is 1.01. The molecule has 0 unspecified atom stereocenters. The smallest absolute Gasteiger partial charge is 0.0985 e. The molecular weight excluding hydrogens is 228 g/mol. The van der Waals surface area contributed by atoms with E-state index in [4.69, 9.17) is 4.98 Å². The summed E-state index contributed by atoms with van der Waals surface area (Å²) < 4.78 is 0. The first-order chi connectivity index (χ1) is 8.02. The maximum Gasteiger partial charge on any atom is 0.0985 e. The van der Waals surface area contributed by atoms with Crippen LogP contribution in [0.4, 0.5) is 0 Å². The lowest BCUT2D eigenvalue weighted by Crippen LogP contribution is -2.31. The highest BCUT2D eigenvalue weighted by molar-refractivity contribution is 7.11. The van der Waals surface area contributed by atoms with Crippen molar-refractivity contribution in [2.75, 3.05) is 13.1 Å². The maximum absolute atomic E-state index is 4.84. The summed E-state index contributed by atoms with van der Waals surface area (Å²) in [7, 11) is 0. The molecule has 3 heteroatoms. The predicted octanol–water partition coefficient (Wildman–Crippen LogP) is 3.21. The van der Waals surface area contributed by atoms with E-state index in [0.717, 1.165) is 18.9 Å². The molecular formula is C14H22N2S. The Morgan fingerprint density at radius 1 is 1.35 bits per heavy atom. The van der Waals surface area contributed by atoms with Crippen molar-refractivity contribution in [2.24, 2.45) is 5.92 Å². The first-order valence-corrected chi connectivity index (χ1v) is 7.55. The lowest BCUT2D eigenvalue weighted by molar-refractivity contribution is 0.245. The third-order valence-corrected chi connectivity index (χ3v) is 5.17. The van der Waals surface area contributed by atoms with E-state index in [2.05, 4.69) is 25.7 Å². The number of thiazole rings is 1. The lowest BCUT2D eigenvalue weighted by atomic mass is 9.98. The van der Waals surface area contributed by atoms with E-state index in [1.165, 1.54) is 41.5 Å². The van der Waals surface area contributed by atoms with Gasteiger partial charge >= 0.3 is 0 Å². The van der Waals surface area contributed by atoms with Crippen LogP contribution in [0, 0.1) is 5.92 Å². The van der Waals surface area contributed by atoms with Crippen molar-refractivity contribution >= 4 is 11.3 Å². The minimum absolute atomic E-state index is 0.212. The first-order valence-electron chi connectivity index (χ1n) is 6.74. The Morgan fingerprint density at radius 2 is 2.12 bits per heavy atom. The molecule has 1 fully saturated rings. The van der Waals surface area contributed by atoms with Gasteiger partial charge in [-0.15, -0.1) is 11.3 Å². The average molecular weight is 250 g/mol. The fourth-order valence-electron chi connectivity index (χ4n) is 2.39. The Balaban J connectivity index is 1.75. The summed E-state index contributed by atoms with van der Waals surface area (Å²) in [5, 5.41) is 1.32. The molecule has 2 aliphatic rings. The minimum atomic E-state index is 0.212. The number of rotatable bonds is 2. The van der Waals surface area contributed by atoms with Gasteiger partial charge in [-0.1, -0.05) is 20.8 Å². The standard InChI is InChI=1S/C14H22N2S/c1-14(2,3)13-15-11-6-7-16(8-10-4-5-10)9-12(11)17-13/h10H,4-9H2,1-3H3. The fourth-order valence-corrected chi connectivity index (χ4v) is 3.60. The van der Waals surface area contributed by atoms with Gasteiger partial charge in [0, 0.05) is 36.3 Å². The van der Waals surface area contributed by atoms with Crippen LogP contribution in [0.5, 0.6) is 0 Å². The molecule has 0 atom stereocenters. The molecule has 0 N–H and O–H groups in total. The second kappa shape index (κ2) is 4.06. The molecule has 0 amide bonds. The maximum atomic E-state index is 4.84. The zero-order valence-electron chi connectivity index (χ0n) is 11.1. The highest BCUT2D eigenvalue weighted by Gasteiger charge is 2.29. The molecule has 0 bridgehead atoms. The zero-order chi connectivity index (χ0) is 12.0. The third kappa shape index (κ3) is 2.55. The van der Waals surface area contributed by atoms with E-state index < -0.39 is 0 Å². The van der Waals surface area contributed by atoms with Gasteiger partial charge in [-0.25, -0.2) is 4.98 Å². The SMILES string of the molecule is CC(C)(C)c1nc2c(s1)CN(CC1CC1)CC2. The molecule has 2 heterocycles. The van der Waals surface area contributed by atoms with Crippen LogP contribution in [0.1, 0.15) is 49.2 Å². The van der Waals surface area contributed by atoms with Crippen LogP contribution in [-0.4, -0.2) is 23.0 Å².